The number of rotatable bonds is 1. The summed E-state index contributed by atoms with van der Waals surface area (Å²) in [6, 6.07) is 1.28. The molecule has 17 heavy (non-hydrogen) atoms. The Bertz CT molecular complexity index is 696. The monoisotopic (exact) mass is 292 g/mol. The van der Waals surface area contributed by atoms with Crippen LogP contribution in [0.2, 0.25) is 15.1 Å². The quantitative estimate of drug-likeness (QED) is 0.622. The van der Waals surface area contributed by atoms with Gasteiger partial charge in [-0.3, -0.25) is 4.79 Å². The largest absolute Gasteiger partial charge is 0.505 e. The zero-order chi connectivity index (χ0) is 12.7. The highest BCUT2D eigenvalue weighted by molar-refractivity contribution is 6.50. The SMILES string of the molecule is O=Nc1c(O)c2cc(Cl)c(Cl)c(Cl)c2[nH]c1=O. The number of hydrogen-bond acceptors (Lipinski definition) is 4. The van der Waals surface area contributed by atoms with Crippen LogP contribution < -0.4 is 5.56 Å². The zero-order valence-corrected chi connectivity index (χ0v) is 10.2. The molecule has 0 atom stereocenters. The van der Waals surface area contributed by atoms with Crippen LogP contribution in [0.25, 0.3) is 10.9 Å². The highest BCUT2D eigenvalue weighted by Crippen LogP contribution is 2.40. The summed E-state index contributed by atoms with van der Waals surface area (Å²) in [5.41, 5.74) is -1.40. The summed E-state index contributed by atoms with van der Waals surface area (Å²) in [6.45, 7) is 0. The smallest absolute Gasteiger partial charge is 0.281 e. The van der Waals surface area contributed by atoms with Crippen molar-refractivity contribution in [2.24, 2.45) is 5.18 Å². The van der Waals surface area contributed by atoms with Gasteiger partial charge in [0.2, 0.25) is 5.69 Å². The second-order valence-electron chi connectivity index (χ2n) is 3.15. The minimum atomic E-state index is -0.856. The Morgan fingerprint density at radius 3 is 2.47 bits per heavy atom. The highest BCUT2D eigenvalue weighted by Gasteiger charge is 2.17. The van der Waals surface area contributed by atoms with Crippen molar-refractivity contribution in [3.05, 3.63) is 36.4 Å². The van der Waals surface area contributed by atoms with Crippen LogP contribution in [-0.2, 0) is 0 Å². The topological polar surface area (TPSA) is 82.5 Å². The van der Waals surface area contributed by atoms with Crippen molar-refractivity contribution in [1.82, 2.24) is 4.98 Å². The Balaban J connectivity index is 3.08. The number of fused-ring (bicyclic) bond motifs is 1. The van der Waals surface area contributed by atoms with Crippen LogP contribution in [0.4, 0.5) is 5.69 Å². The van der Waals surface area contributed by atoms with E-state index >= 15 is 0 Å². The van der Waals surface area contributed by atoms with Crippen LogP contribution in [0.1, 0.15) is 0 Å². The lowest BCUT2D eigenvalue weighted by atomic mass is 10.2. The molecular formula is C9H3Cl3N2O3. The fourth-order valence-corrected chi connectivity index (χ4v) is 2.05. The Morgan fingerprint density at radius 2 is 1.88 bits per heavy atom. The predicted molar refractivity (Wildman–Crippen MR) is 66.7 cm³/mol. The molecule has 0 unspecified atom stereocenters. The summed E-state index contributed by atoms with van der Waals surface area (Å²) >= 11 is 17.4. The first-order valence-electron chi connectivity index (χ1n) is 4.23. The summed E-state index contributed by atoms with van der Waals surface area (Å²) in [7, 11) is 0. The molecule has 0 aliphatic heterocycles. The van der Waals surface area contributed by atoms with Gasteiger partial charge in [-0.15, -0.1) is 4.91 Å². The Labute approximate surface area is 109 Å². The first kappa shape index (κ1) is 12.2. The molecule has 2 N–H and O–H groups in total. The molecule has 0 saturated heterocycles. The van der Waals surface area contributed by atoms with Gasteiger partial charge in [0.15, 0.2) is 5.75 Å². The molecule has 0 amide bonds. The van der Waals surface area contributed by atoms with Gasteiger partial charge in [-0.05, 0) is 11.2 Å². The molecule has 0 fully saturated rings. The maximum Gasteiger partial charge on any atom is 0.281 e. The average Bonchev–Trinajstić information content (AvgIpc) is 2.29. The second-order valence-corrected chi connectivity index (χ2v) is 4.31. The van der Waals surface area contributed by atoms with Crippen LogP contribution >= 0.6 is 34.8 Å². The molecule has 5 nitrogen and oxygen atoms in total. The van der Waals surface area contributed by atoms with Crippen molar-refractivity contribution >= 4 is 51.4 Å². The van der Waals surface area contributed by atoms with Crippen LogP contribution in [0.15, 0.2) is 16.0 Å². The Kier molecular flexibility index (Phi) is 2.99. The minimum absolute atomic E-state index is 0.0148. The van der Waals surface area contributed by atoms with Gasteiger partial charge in [-0.2, -0.15) is 0 Å². The molecule has 8 heteroatoms. The van der Waals surface area contributed by atoms with E-state index in [0.29, 0.717) is 0 Å². The highest BCUT2D eigenvalue weighted by atomic mass is 35.5. The normalized spacial score (nSPS) is 10.8. The number of aromatic nitrogens is 1. The molecule has 1 aromatic carbocycles. The van der Waals surface area contributed by atoms with Gasteiger partial charge in [-0.1, -0.05) is 34.8 Å². The van der Waals surface area contributed by atoms with Gasteiger partial charge >= 0.3 is 0 Å². The molecular weight excluding hydrogens is 290 g/mol. The van der Waals surface area contributed by atoms with Crippen molar-refractivity contribution in [3.63, 3.8) is 0 Å². The summed E-state index contributed by atoms with van der Waals surface area (Å²) < 4.78 is 0. The maximum absolute atomic E-state index is 11.4. The summed E-state index contributed by atoms with van der Waals surface area (Å²) in [5, 5.41) is 12.3. The number of H-pyrrole nitrogens is 1. The van der Waals surface area contributed by atoms with Gasteiger partial charge in [0.1, 0.15) is 0 Å². The number of halogens is 3. The van der Waals surface area contributed by atoms with E-state index in [9.17, 15) is 14.8 Å². The van der Waals surface area contributed by atoms with Crippen molar-refractivity contribution in [2.75, 3.05) is 0 Å². The number of nitrogens with zero attached hydrogens (tertiary/aromatic N) is 1. The third kappa shape index (κ3) is 1.76. The number of pyridine rings is 1. The minimum Gasteiger partial charge on any atom is -0.505 e. The van der Waals surface area contributed by atoms with E-state index in [1.54, 1.807) is 0 Å². The lowest BCUT2D eigenvalue weighted by Crippen LogP contribution is -2.05. The van der Waals surface area contributed by atoms with E-state index in [0.717, 1.165) is 0 Å². The van der Waals surface area contributed by atoms with Crippen molar-refractivity contribution in [3.8, 4) is 5.75 Å². The molecule has 0 spiro atoms. The van der Waals surface area contributed by atoms with Gasteiger partial charge < -0.3 is 10.1 Å². The lowest BCUT2D eigenvalue weighted by Gasteiger charge is -2.07. The summed E-state index contributed by atoms with van der Waals surface area (Å²) in [4.78, 5) is 24.1. The lowest BCUT2D eigenvalue weighted by molar-refractivity contribution is 0.482. The first-order chi connectivity index (χ1) is 7.97. The molecule has 2 aromatic rings. The van der Waals surface area contributed by atoms with E-state index in [-0.39, 0.29) is 26.0 Å². The summed E-state index contributed by atoms with van der Waals surface area (Å²) in [5.74, 6) is -0.584. The number of nitrogens with one attached hydrogen (secondary N) is 1. The Hall–Kier alpha value is -1.30. The van der Waals surface area contributed by atoms with E-state index in [4.69, 9.17) is 34.8 Å². The molecule has 88 valence electrons. The van der Waals surface area contributed by atoms with Gasteiger partial charge in [-0.25, -0.2) is 0 Å². The molecule has 2 rings (SSSR count). The molecule has 1 aromatic heterocycles. The van der Waals surface area contributed by atoms with Crippen LogP contribution in [0.3, 0.4) is 0 Å². The number of aromatic hydroxyl groups is 1. The van der Waals surface area contributed by atoms with E-state index in [1.807, 2.05) is 0 Å². The molecule has 0 aliphatic rings. The summed E-state index contributed by atoms with van der Waals surface area (Å²) in [6.07, 6.45) is 0. The second kappa shape index (κ2) is 4.18. The molecule has 0 bridgehead atoms. The van der Waals surface area contributed by atoms with Crippen molar-refractivity contribution in [2.45, 2.75) is 0 Å². The molecule has 0 radical (unpaired) electrons. The first-order valence-corrected chi connectivity index (χ1v) is 5.36. The Morgan fingerprint density at radius 1 is 1.24 bits per heavy atom. The van der Waals surface area contributed by atoms with Crippen LogP contribution in [0.5, 0.6) is 5.75 Å². The van der Waals surface area contributed by atoms with Gasteiger partial charge in [0.05, 0.1) is 20.6 Å². The predicted octanol–water partition coefficient (Wildman–Crippen LogP) is 3.59. The van der Waals surface area contributed by atoms with Crippen molar-refractivity contribution < 1.29 is 5.11 Å². The third-order valence-electron chi connectivity index (χ3n) is 2.19. The fraction of sp³-hybridized carbons (Fsp3) is 0. The fourth-order valence-electron chi connectivity index (χ4n) is 1.40. The third-order valence-corrected chi connectivity index (χ3v) is 3.45. The maximum atomic E-state index is 11.4. The van der Waals surface area contributed by atoms with Crippen molar-refractivity contribution in [1.29, 1.82) is 0 Å². The van der Waals surface area contributed by atoms with Crippen LogP contribution in [-0.4, -0.2) is 10.1 Å². The number of nitroso groups, excluding NO2 is 1. The van der Waals surface area contributed by atoms with E-state index in [1.165, 1.54) is 6.07 Å². The number of benzene rings is 1. The zero-order valence-electron chi connectivity index (χ0n) is 7.92. The number of aromatic amines is 1. The standard InChI is InChI=1S/C9H3Cl3N2O3/c10-3-1-2-6(5(12)4(3)11)13-9(16)7(14-17)8(2)15/h1H,(H2,13,15,16). The average molecular weight is 293 g/mol. The molecule has 1 heterocycles. The number of hydrogen-bond donors (Lipinski definition) is 2. The van der Waals surface area contributed by atoms with Gasteiger partial charge in [0.25, 0.3) is 5.56 Å². The van der Waals surface area contributed by atoms with E-state index < -0.39 is 17.0 Å². The van der Waals surface area contributed by atoms with E-state index in [2.05, 4.69) is 10.2 Å². The van der Waals surface area contributed by atoms with Gasteiger partial charge in [0, 0.05) is 5.39 Å². The molecule has 0 saturated carbocycles. The molecule has 0 aliphatic carbocycles. The van der Waals surface area contributed by atoms with Crippen LogP contribution in [0, 0.1) is 4.91 Å².